The molecular formula is C28H47NO7. The number of nitrogens with zero attached hydrogens (tertiary/aromatic N) is 1. The van der Waals surface area contributed by atoms with Gasteiger partial charge in [-0.25, -0.2) is 4.79 Å². The summed E-state index contributed by atoms with van der Waals surface area (Å²) in [5, 5.41) is 30.5. The predicted octanol–water partition coefficient (Wildman–Crippen LogP) is 5.27. The van der Waals surface area contributed by atoms with Gasteiger partial charge in [0, 0.05) is 6.42 Å². The van der Waals surface area contributed by atoms with Crippen molar-refractivity contribution in [1.29, 1.82) is 0 Å². The first kappa shape index (κ1) is 27.6. The van der Waals surface area contributed by atoms with E-state index in [0.29, 0.717) is 30.1 Å². The number of hydrogen-bond donors (Lipinski definition) is 2. The lowest BCUT2D eigenvalue weighted by molar-refractivity contribution is -0.757. The van der Waals surface area contributed by atoms with Crippen molar-refractivity contribution in [3.05, 3.63) is 10.1 Å². The minimum atomic E-state index is -2.52. The summed E-state index contributed by atoms with van der Waals surface area (Å²) in [4.78, 5) is 26.8. The summed E-state index contributed by atoms with van der Waals surface area (Å²) < 4.78 is 5.08. The van der Waals surface area contributed by atoms with Crippen LogP contribution < -0.4 is 0 Å². The number of carbonyl (C=O) groups excluding carboxylic acids is 1. The molecule has 1 unspecified atom stereocenters. The quantitative estimate of drug-likeness (QED) is 0.135. The van der Waals surface area contributed by atoms with Crippen molar-refractivity contribution >= 4 is 5.97 Å². The van der Waals surface area contributed by atoms with Crippen LogP contribution in [0.5, 0.6) is 0 Å². The molecule has 0 aromatic rings. The molecule has 8 heteroatoms. The predicted molar refractivity (Wildman–Crippen MR) is 134 cm³/mol. The van der Waals surface area contributed by atoms with Gasteiger partial charge in [0.25, 0.3) is 10.9 Å². The molecule has 4 rings (SSSR count). The highest BCUT2D eigenvalue weighted by Gasteiger charge is 2.60. The molecule has 0 radical (unpaired) electrons. The minimum absolute atomic E-state index is 0.00537. The zero-order valence-corrected chi connectivity index (χ0v) is 22.5. The molecule has 0 aliphatic heterocycles. The van der Waals surface area contributed by atoms with Crippen molar-refractivity contribution in [1.82, 2.24) is 0 Å². The van der Waals surface area contributed by atoms with E-state index in [-0.39, 0.29) is 31.0 Å². The Labute approximate surface area is 215 Å². The third kappa shape index (κ3) is 5.27. The molecule has 0 aromatic heterocycles. The number of esters is 1. The molecule has 4 saturated carbocycles. The largest absolute Gasteiger partial charge is 0.462 e. The Bertz CT molecular complexity index is 803. The topological polar surface area (TPSA) is 119 Å². The van der Waals surface area contributed by atoms with E-state index in [1.807, 2.05) is 0 Å². The van der Waals surface area contributed by atoms with E-state index >= 15 is 0 Å². The second kappa shape index (κ2) is 10.8. The molecule has 0 heterocycles. The number of rotatable bonds is 10. The maximum Gasteiger partial charge on any atom is 0.366 e. The minimum Gasteiger partial charge on any atom is -0.462 e. The van der Waals surface area contributed by atoms with Gasteiger partial charge in [-0.05, 0) is 111 Å². The smallest absolute Gasteiger partial charge is 0.366 e. The third-order valence-electron chi connectivity index (χ3n) is 11.2. The molecule has 2 N–H and O–H groups in total. The Kier molecular flexibility index (Phi) is 8.25. The highest BCUT2D eigenvalue weighted by Crippen LogP contribution is 2.68. The Morgan fingerprint density at radius 2 is 1.72 bits per heavy atom. The molecule has 8 atom stereocenters. The summed E-state index contributed by atoms with van der Waals surface area (Å²) in [6, 6.07) is 0. The molecule has 0 saturated heterocycles. The fraction of sp³-hybridized carbons (Fsp3) is 0.964. The summed E-state index contributed by atoms with van der Waals surface area (Å²) in [5.74, 6) is 0.0433. The van der Waals surface area contributed by atoms with Crippen LogP contribution in [0.3, 0.4) is 0 Å². The second-order valence-corrected chi connectivity index (χ2v) is 13.0. The fourth-order valence-electron chi connectivity index (χ4n) is 9.57. The van der Waals surface area contributed by atoms with Crippen molar-refractivity contribution in [2.45, 2.75) is 110 Å². The zero-order chi connectivity index (χ0) is 26.1. The SMILES string of the molecule is C[C@H](CC(O)(O)C(=O)OCCCCO[N+](=O)[O-])[C@H]1CC[C@H]2[C@@H]3CCC4CCCC[C@]4(C)[C@H]3CC[C@]12C. The molecule has 0 bridgehead atoms. The molecule has 0 aromatic carbocycles. The van der Waals surface area contributed by atoms with E-state index in [2.05, 4.69) is 25.6 Å². The van der Waals surface area contributed by atoms with E-state index in [0.717, 1.165) is 24.2 Å². The van der Waals surface area contributed by atoms with Gasteiger partial charge < -0.3 is 19.8 Å². The summed E-state index contributed by atoms with van der Waals surface area (Å²) in [6.45, 7) is 7.00. The van der Waals surface area contributed by atoms with Crippen LogP contribution in [-0.2, 0) is 14.4 Å². The number of unbranched alkanes of at least 4 members (excludes halogenated alkanes) is 1. The van der Waals surface area contributed by atoms with E-state index in [1.165, 1.54) is 57.8 Å². The van der Waals surface area contributed by atoms with Gasteiger partial charge >= 0.3 is 5.97 Å². The standard InChI is InChI=1S/C28H47NO7/c1-19(18-28(31,32)25(30)35-16-6-7-17-36-29(33)34)22-11-12-23-21-10-9-20-8-4-5-14-26(20,2)24(21)13-15-27(22,23)3/h19-24,31-32H,4-18H2,1-3H3/t19-,20?,21+,22-,23+,24+,26+,27-/m1/s1. The summed E-state index contributed by atoms with van der Waals surface area (Å²) in [7, 11) is 0. The van der Waals surface area contributed by atoms with Crippen LogP contribution >= 0.6 is 0 Å². The van der Waals surface area contributed by atoms with Gasteiger partial charge in [0.15, 0.2) is 0 Å². The Hall–Kier alpha value is -1.41. The van der Waals surface area contributed by atoms with Crippen molar-refractivity contribution < 1.29 is 29.7 Å². The zero-order valence-electron chi connectivity index (χ0n) is 22.5. The van der Waals surface area contributed by atoms with Gasteiger partial charge in [-0.2, -0.15) is 0 Å². The third-order valence-corrected chi connectivity index (χ3v) is 11.2. The summed E-state index contributed by atoms with van der Waals surface area (Å²) >= 11 is 0. The number of carbonyl (C=O) groups is 1. The van der Waals surface area contributed by atoms with Crippen LogP contribution in [0.15, 0.2) is 0 Å². The summed E-state index contributed by atoms with van der Waals surface area (Å²) in [5.41, 5.74) is 0.701. The average molecular weight is 510 g/mol. The monoisotopic (exact) mass is 509 g/mol. The highest BCUT2D eigenvalue weighted by molar-refractivity contribution is 5.77. The molecule has 8 nitrogen and oxygen atoms in total. The van der Waals surface area contributed by atoms with Crippen molar-refractivity contribution in [3.8, 4) is 0 Å². The molecule has 206 valence electrons. The number of hydrogen-bond acceptors (Lipinski definition) is 7. The van der Waals surface area contributed by atoms with Gasteiger partial charge in [0.05, 0.1) is 13.2 Å². The van der Waals surface area contributed by atoms with Crippen LogP contribution in [0.2, 0.25) is 0 Å². The van der Waals surface area contributed by atoms with Crippen LogP contribution in [0, 0.1) is 56.5 Å². The average Bonchev–Trinajstić information content (AvgIpc) is 3.17. The fourth-order valence-corrected chi connectivity index (χ4v) is 9.57. The highest BCUT2D eigenvalue weighted by atomic mass is 16.9. The van der Waals surface area contributed by atoms with E-state index in [9.17, 15) is 25.1 Å². The molecule has 4 aliphatic rings. The Morgan fingerprint density at radius 3 is 2.47 bits per heavy atom. The maximum atomic E-state index is 12.4. The molecule has 0 spiro atoms. The first-order valence-electron chi connectivity index (χ1n) is 14.4. The Morgan fingerprint density at radius 1 is 1.00 bits per heavy atom. The van der Waals surface area contributed by atoms with E-state index < -0.39 is 16.8 Å². The molecule has 4 aliphatic carbocycles. The van der Waals surface area contributed by atoms with Crippen molar-refractivity contribution in [2.24, 2.45) is 46.3 Å². The second-order valence-electron chi connectivity index (χ2n) is 13.0. The van der Waals surface area contributed by atoms with Crippen LogP contribution in [-0.4, -0.2) is 40.3 Å². The van der Waals surface area contributed by atoms with Gasteiger partial charge in [-0.15, -0.1) is 10.1 Å². The van der Waals surface area contributed by atoms with Crippen molar-refractivity contribution in [2.75, 3.05) is 13.2 Å². The van der Waals surface area contributed by atoms with E-state index in [1.54, 1.807) is 0 Å². The number of ether oxygens (including phenoxy) is 1. The normalized spacial score (nSPS) is 38.9. The van der Waals surface area contributed by atoms with E-state index in [4.69, 9.17) is 4.74 Å². The molecule has 36 heavy (non-hydrogen) atoms. The summed E-state index contributed by atoms with van der Waals surface area (Å²) in [6.07, 6.45) is 13.8. The van der Waals surface area contributed by atoms with Gasteiger partial charge in [-0.1, -0.05) is 33.6 Å². The number of aliphatic hydroxyl groups is 2. The van der Waals surface area contributed by atoms with Gasteiger partial charge in [-0.3, -0.25) is 0 Å². The van der Waals surface area contributed by atoms with Crippen LogP contribution in [0.4, 0.5) is 0 Å². The lowest BCUT2D eigenvalue weighted by Gasteiger charge is -2.61. The van der Waals surface area contributed by atoms with Gasteiger partial charge in [0.2, 0.25) is 0 Å². The molecule has 4 fully saturated rings. The first-order valence-corrected chi connectivity index (χ1v) is 14.4. The van der Waals surface area contributed by atoms with Crippen LogP contribution in [0.25, 0.3) is 0 Å². The van der Waals surface area contributed by atoms with Crippen molar-refractivity contribution in [3.63, 3.8) is 0 Å². The van der Waals surface area contributed by atoms with Crippen LogP contribution in [0.1, 0.15) is 104 Å². The Balaban J connectivity index is 1.33. The molecular weight excluding hydrogens is 462 g/mol. The number of fused-ring (bicyclic) bond motifs is 5. The molecule has 0 amide bonds. The maximum absolute atomic E-state index is 12.4. The van der Waals surface area contributed by atoms with Gasteiger partial charge in [0.1, 0.15) is 0 Å². The lowest BCUT2D eigenvalue weighted by Crippen LogP contribution is -2.53. The first-order chi connectivity index (χ1) is 17.0. The lowest BCUT2D eigenvalue weighted by atomic mass is 9.44.